The van der Waals surface area contributed by atoms with Crippen LogP contribution >= 0.6 is 0 Å². The summed E-state index contributed by atoms with van der Waals surface area (Å²) in [5.74, 6) is 0.261. The van der Waals surface area contributed by atoms with Crippen LogP contribution in [-0.4, -0.2) is 86.1 Å². The Morgan fingerprint density at radius 1 is 1.32 bits per heavy atom. The third-order valence-corrected chi connectivity index (χ3v) is 4.29. The highest BCUT2D eigenvalue weighted by Crippen LogP contribution is 2.26. The number of carbonyl (C=O) groups is 1. The molecule has 0 aromatic rings. The zero-order valence-corrected chi connectivity index (χ0v) is 12.6. The number of nitrogens with one attached hydrogen (secondary N) is 1. The topological polar surface area (TPSA) is 38.8 Å². The van der Waals surface area contributed by atoms with Crippen LogP contribution in [0.4, 0.5) is 0 Å². The van der Waals surface area contributed by atoms with E-state index in [-0.39, 0.29) is 5.91 Å². The highest BCUT2D eigenvalue weighted by molar-refractivity contribution is 5.78. The van der Waals surface area contributed by atoms with Gasteiger partial charge in [0.1, 0.15) is 0 Å². The largest absolute Gasteiger partial charge is 0.339 e. The summed E-state index contributed by atoms with van der Waals surface area (Å²) in [6, 6.07) is 1.05. The minimum Gasteiger partial charge on any atom is -0.339 e. The van der Waals surface area contributed by atoms with Crippen molar-refractivity contribution in [1.29, 1.82) is 0 Å². The summed E-state index contributed by atoms with van der Waals surface area (Å²) in [7, 11) is 4.33. The van der Waals surface area contributed by atoms with Crippen LogP contribution in [0.25, 0.3) is 0 Å². The van der Waals surface area contributed by atoms with Gasteiger partial charge in [0.2, 0.25) is 5.91 Å². The van der Waals surface area contributed by atoms with E-state index in [4.69, 9.17) is 0 Å². The van der Waals surface area contributed by atoms with Gasteiger partial charge in [-0.05, 0) is 33.9 Å². The van der Waals surface area contributed by atoms with Gasteiger partial charge in [0, 0.05) is 44.8 Å². The molecule has 1 N–H and O–H groups in total. The van der Waals surface area contributed by atoms with Crippen molar-refractivity contribution in [2.45, 2.75) is 31.8 Å². The van der Waals surface area contributed by atoms with E-state index in [2.05, 4.69) is 36.1 Å². The van der Waals surface area contributed by atoms with Crippen LogP contribution in [-0.2, 0) is 4.79 Å². The molecule has 19 heavy (non-hydrogen) atoms. The molecule has 1 aliphatic carbocycles. The highest BCUT2D eigenvalue weighted by Gasteiger charge is 2.31. The fraction of sp³-hybridized carbons (Fsp3) is 0.929. The lowest BCUT2D eigenvalue weighted by Gasteiger charge is -2.37. The van der Waals surface area contributed by atoms with Crippen LogP contribution < -0.4 is 5.32 Å². The van der Waals surface area contributed by atoms with E-state index in [9.17, 15) is 4.79 Å². The van der Waals surface area contributed by atoms with Gasteiger partial charge in [-0.2, -0.15) is 0 Å². The molecule has 0 spiro atoms. The molecule has 1 amide bonds. The lowest BCUT2D eigenvalue weighted by Crippen LogP contribution is -2.54. The minimum atomic E-state index is 0.261. The van der Waals surface area contributed by atoms with Crippen molar-refractivity contribution in [3.8, 4) is 0 Å². The van der Waals surface area contributed by atoms with Crippen molar-refractivity contribution < 1.29 is 4.79 Å². The Balaban J connectivity index is 1.68. The van der Waals surface area contributed by atoms with E-state index in [0.717, 1.165) is 32.7 Å². The van der Waals surface area contributed by atoms with Gasteiger partial charge >= 0.3 is 0 Å². The number of nitrogens with zero attached hydrogens (tertiary/aromatic N) is 3. The maximum atomic E-state index is 12.1. The molecule has 0 radical (unpaired) electrons. The van der Waals surface area contributed by atoms with Crippen LogP contribution in [0, 0.1) is 0 Å². The van der Waals surface area contributed by atoms with E-state index < -0.39 is 0 Å². The molecular formula is C14H28N4O. The van der Waals surface area contributed by atoms with E-state index in [1.54, 1.807) is 0 Å². The number of amides is 1. The molecule has 0 bridgehead atoms. The smallest absolute Gasteiger partial charge is 0.236 e. The number of carbonyl (C=O) groups excluding carboxylic acids is 1. The van der Waals surface area contributed by atoms with Crippen molar-refractivity contribution in [2.75, 3.05) is 53.4 Å². The first kappa shape index (κ1) is 14.8. The number of rotatable bonds is 6. The zero-order chi connectivity index (χ0) is 13.8. The normalized spacial score (nSPS) is 25.5. The molecule has 1 heterocycles. The van der Waals surface area contributed by atoms with E-state index in [0.29, 0.717) is 18.6 Å². The van der Waals surface area contributed by atoms with Crippen molar-refractivity contribution >= 4 is 5.91 Å². The first-order valence-electron chi connectivity index (χ1n) is 7.50. The fourth-order valence-corrected chi connectivity index (χ4v) is 2.79. The molecule has 110 valence electrons. The maximum absolute atomic E-state index is 12.1. The number of hydrogen-bond donors (Lipinski definition) is 1. The third-order valence-electron chi connectivity index (χ3n) is 4.29. The molecule has 1 aliphatic heterocycles. The average molecular weight is 268 g/mol. The number of piperazine rings is 1. The lowest BCUT2D eigenvalue weighted by atomic mass is 10.2. The Hall–Kier alpha value is -0.650. The summed E-state index contributed by atoms with van der Waals surface area (Å²) in [5.41, 5.74) is 0. The minimum absolute atomic E-state index is 0.261. The van der Waals surface area contributed by atoms with Crippen LogP contribution in [0.1, 0.15) is 19.8 Å². The number of hydrogen-bond acceptors (Lipinski definition) is 4. The standard InChI is InChI=1S/C14H28N4O/c1-4-18(12-5-6-12)14(19)10-15-9-13-11-16(2)7-8-17(13)3/h12-13,15H,4-11H2,1-3H3. The van der Waals surface area contributed by atoms with Gasteiger partial charge in [0.15, 0.2) is 0 Å². The third kappa shape index (κ3) is 4.16. The Morgan fingerprint density at radius 2 is 2.05 bits per heavy atom. The summed E-state index contributed by atoms with van der Waals surface area (Å²) in [6.45, 7) is 7.62. The van der Waals surface area contributed by atoms with Crippen LogP contribution in [0.3, 0.4) is 0 Å². The molecule has 1 saturated carbocycles. The SMILES string of the molecule is CCN(C(=O)CNCC1CN(C)CCN1C)C1CC1. The Morgan fingerprint density at radius 3 is 2.68 bits per heavy atom. The quantitative estimate of drug-likeness (QED) is 0.726. The molecule has 2 fully saturated rings. The van der Waals surface area contributed by atoms with Gasteiger partial charge in [-0.1, -0.05) is 0 Å². The molecule has 0 aromatic carbocycles. The molecule has 2 rings (SSSR count). The van der Waals surface area contributed by atoms with E-state index in [1.807, 2.05) is 4.90 Å². The van der Waals surface area contributed by atoms with Gasteiger partial charge in [-0.25, -0.2) is 0 Å². The molecule has 2 aliphatic rings. The van der Waals surface area contributed by atoms with Gasteiger partial charge < -0.3 is 15.1 Å². The monoisotopic (exact) mass is 268 g/mol. The Kier molecular flexibility index (Phi) is 5.19. The van der Waals surface area contributed by atoms with Gasteiger partial charge in [-0.3, -0.25) is 9.69 Å². The fourth-order valence-electron chi connectivity index (χ4n) is 2.79. The number of likely N-dealkylation sites (N-methyl/N-ethyl adjacent to an activating group) is 3. The molecule has 1 saturated heterocycles. The Labute approximate surface area is 116 Å². The molecular weight excluding hydrogens is 240 g/mol. The van der Waals surface area contributed by atoms with Crippen molar-refractivity contribution in [3.05, 3.63) is 0 Å². The van der Waals surface area contributed by atoms with Crippen LogP contribution in [0.2, 0.25) is 0 Å². The van der Waals surface area contributed by atoms with Gasteiger partial charge in [0.25, 0.3) is 0 Å². The lowest BCUT2D eigenvalue weighted by molar-refractivity contribution is -0.130. The molecule has 1 unspecified atom stereocenters. The van der Waals surface area contributed by atoms with Gasteiger partial charge in [-0.15, -0.1) is 0 Å². The summed E-state index contributed by atoms with van der Waals surface area (Å²) in [4.78, 5) is 18.8. The van der Waals surface area contributed by atoms with Crippen molar-refractivity contribution in [3.63, 3.8) is 0 Å². The van der Waals surface area contributed by atoms with E-state index in [1.165, 1.54) is 12.8 Å². The van der Waals surface area contributed by atoms with Crippen molar-refractivity contribution in [1.82, 2.24) is 20.0 Å². The second kappa shape index (κ2) is 6.68. The summed E-state index contributed by atoms with van der Waals surface area (Å²) >= 11 is 0. The highest BCUT2D eigenvalue weighted by atomic mass is 16.2. The predicted octanol–water partition coefficient (Wildman–Crippen LogP) is -0.167. The molecule has 0 aromatic heterocycles. The molecule has 1 atom stereocenters. The van der Waals surface area contributed by atoms with Crippen LogP contribution in [0.5, 0.6) is 0 Å². The van der Waals surface area contributed by atoms with Crippen LogP contribution in [0.15, 0.2) is 0 Å². The predicted molar refractivity (Wildman–Crippen MR) is 77.2 cm³/mol. The Bertz CT molecular complexity index is 306. The average Bonchev–Trinajstić information content (AvgIpc) is 3.19. The summed E-state index contributed by atoms with van der Waals surface area (Å²) in [5, 5.41) is 3.34. The van der Waals surface area contributed by atoms with Crippen molar-refractivity contribution in [2.24, 2.45) is 0 Å². The molecule has 5 nitrogen and oxygen atoms in total. The zero-order valence-electron chi connectivity index (χ0n) is 12.6. The summed E-state index contributed by atoms with van der Waals surface area (Å²) < 4.78 is 0. The second-order valence-electron chi connectivity index (χ2n) is 5.94. The van der Waals surface area contributed by atoms with Gasteiger partial charge in [0.05, 0.1) is 6.54 Å². The molecule has 5 heteroatoms. The van der Waals surface area contributed by atoms with E-state index >= 15 is 0 Å². The maximum Gasteiger partial charge on any atom is 0.236 e. The first-order valence-corrected chi connectivity index (χ1v) is 7.50. The summed E-state index contributed by atoms with van der Waals surface area (Å²) in [6.07, 6.45) is 2.38. The first-order chi connectivity index (χ1) is 9.11. The second-order valence-corrected chi connectivity index (χ2v) is 5.94.